The zero-order chi connectivity index (χ0) is 13.4. The minimum atomic E-state index is -0.892. The van der Waals surface area contributed by atoms with Crippen LogP contribution >= 0.6 is 0 Å². The summed E-state index contributed by atoms with van der Waals surface area (Å²) >= 11 is 0. The first-order valence-electron chi connectivity index (χ1n) is 5.35. The summed E-state index contributed by atoms with van der Waals surface area (Å²) in [6.07, 6.45) is 0.669. The molecule has 0 bridgehead atoms. The molecule has 0 radical (unpaired) electrons. The van der Waals surface area contributed by atoms with Crippen LogP contribution in [0.15, 0.2) is 0 Å². The zero-order valence-electron chi connectivity index (χ0n) is 10.1. The number of rotatable bonds is 7. The molecule has 0 heterocycles. The molecule has 0 aromatic rings. The van der Waals surface area contributed by atoms with Gasteiger partial charge in [-0.25, -0.2) is 4.79 Å². The first kappa shape index (κ1) is 15.2. The Morgan fingerprint density at radius 3 is 2.41 bits per heavy atom. The van der Waals surface area contributed by atoms with Crippen LogP contribution in [0.4, 0.5) is 4.79 Å². The molecule has 1 atom stereocenters. The van der Waals surface area contributed by atoms with Gasteiger partial charge in [0.2, 0.25) is 5.91 Å². The van der Waals surface area contributed by atoms with Gasteiger partial charge in [0.05, 0.1) is 0 Å². The van der Waals surface area contributed by atoms with Gasteiger partial charge in [-0.15, -0.1) is 0 Å². The summed E-state index contributed by atoms with van der Waals surface area (Å²) in [5, 5.41) is 11.2. The Labute approximate surface area is 100.0 Å². The first-order chi connectivity index (χ1) is 7.86. The average Bonchev–Trinajstić information content (AvgIpc) is 2.22. The van der Waals surface area contributed by atoms with E-state index in [9.17, 15) is 14.4 Å². The minimum Gasteiger partial charge on any atom is -0.481 e. The summed E-state index contributed by atoms with van der Waals surface area (Å²) in [6, 6.07) is -0.437. The summed E-state index contributed by atoms with van der Waals surface area (Å²) in [7, 11) is 1.44. The lowest BCUT2D eigenvalue weighted by Gasteiger charge is -2.18. The number of likely N-dealkylation sites (N-methyl/N-ethyl adjacent to an activating group) is 1. The maximum Gasteiger partial charge on any atom is 0.317 e. The fourth-order valence-corrected chi connectivity index (χ4v) is 1.28. The molecule has 7 nitrogen and oxygen atoms in total. The Morgan fingerprint density at radius 2 is 2.00 bits per heavy atom. The smallest absolute Gasteiger partial charge is 0.317 e. The highest BCUT2D eigenvalue weighted by atomic mass is 16.4. The standard InChI is InChI=1S/C10H19N3O4/c1-3-7(4-9(15)16)5-12-10(17)13(2)6-8(11)14/h7H,3-6H2,1-2H3,(H2,11,14)(H,12,17)(H,15,16). The maximum absolute atomic E-state index is 11.4. The number of amides is 3. The largest absolute Gasteiger partial charge is 0.481 e. The van der Waals surface area contributed by atoms with Crippen molar-refractivity contribution in [2.24, 2.45) is 11.7 Å². The van der Waals surface area contributed by atoms with Gasteiger partial charge in [-0.3, -0.25) is 9.59 Å². The normalized spacial score (nSPS) is 11.6. The third-order valence-corrected chi connectivity index (χ3v) is 2.32. The quantitative estimate of drug-likeness (QED) is 0.567. The monoisotopic (exact) mass is 245 g/mol. The third-order valence-electron chi connectivity index (χ3n) is 2.32. The summed E-state index contributed by atoms with van der Waals surface area (Å²) in [4.78, 5) is 33.7. The van der Waals surface area contributed by atoms with Crippen LogP contribution in [-0.2, 0) is 9.59 Å². The van der Waals surface area contributed by atoms with Crippen molar-refractivity contribution in [3.8, 4) is 0 Å². The number of aliphatic carboxylic acids is 1. The Hall–Kier alpha value is -1.79. The van der Waals surface area contributed by atoms with Gasteiger partial charge in [-0.2, -0.15) is 0 Å². The third kappa shape index (κ3) is 7.15. The lowest BCUT2D eigenvalue weighted by atomic mass is 10.0. The summed E-state index contributed by atoms with van der Waals surface area (Å²) in [6.45, 7) is 1.96. The van der Waals surface area contributed by atoms with E-state index in [1.54, 1.807) is 0 Å². The van der Waals surface area contributed by atoms with Crippen molar-refractivity contribution in [3.05, 3.63) is 0 Å². The number of hydrogen-bond donors (Lipinski definition) is 3. The van der Waals surface area contributed by atoms with Crippen molar-refractivity contribution in [1.82, 2.24) is 10.2 Å². The van der Waals surface area contributed by atoms with Crippen LogP contribution in [0.1, 0.15) is 19.8 Å². The molecule has 0 aliphatic heterocycles. The van der Waals surface area contributed by atoms with Gasteiger partial charge in [-0.05, 0) is 5.92 Å². The average molecular weight is 245 g/mol. The van der Waals surface area contributed by atoms with Crippen LogP contribution in [0.3, 0.4) is 0 Å². The predicted molar refractivity (Wildman–Crippen MR) is 61.3 cm³/mol. The van der Waals surface area contributed by atoms with Gasteiger partial charge in [0.1, 0.15) is 6.54 Å². The van der Waals surface area contributed by atoms with E-state index in [0.717, 1.165) is 4.90 Å². The van der Waals surface area contributed by atoms with Gasteiger partial charge >= 0.3 is 12.0 Å². The summed E-state index contributed by atoms with van der Waals surface area (Å²) in [5.41, 5.74) is 4.94. The molecule has 0 aromatic heterocycles. The second-order valence-electron chi connectivity index (χ2n) is 3.88. The molecular weight excluding hydrogens is 226 g/mol. The van der Waals surface area contributed by atoms with Gasteiger partial charge in [0.15, 0.2) is 0 Å². The molecule has 1 unspecified atom stereocenters. The highest BCUT2D eigenvalue weighted by Crippen LogP contribution is 2.06. The Morgan fingerprint density at radius 1 is 1.41 bits per heavy atom. The van der Waals surface area contributed by atoms with Crippen LogP contribution < -0.4 is 11.1 Å². The lowest BCUT2D eigenvalue weighted by molar-refractivity contribution is -0.138. The molecule has 0 spiro atoms. The molecule has 0 fully saturated rings. The predicted octanol–water partition coefficient (Wildman–Crippen LogP) is -0.386. The van der Waals surface area contributed by atoms with E-state index < -0.39 is 17.9 Å². The highest BCUT2D eigenvalue weighted by Gasteiger charge is 2.15. The number of urea groups is 1. The van der Waals surface area contributed by atoms with E-state index in [2.05, 4.69) is 5.32 Å². The fraction of sp³-hybridized carbons (Fsp3) is 0.700. The van der Waals surface area contributed by atoms with E-state index >= 15 is 0 Å². The maximum atomic E-state index is 11.4. The number of nitrogens with two attached hydrogens (primary N) is 1. The molecule has 0 aliphatic carbocycles. The fourth-order valence-electron chi connectivity index (χ4n) is 1.28. The number of nitrogens with one attached hydrogen (secondary N) is 1. The van der Waals surface area contributed by atoms with E-state index in [0.29, 0.717) is 6.42 Å². The van der Waals surface area contributed by atoms with Crippen molar-refractivity contribution < 1.29 is 19.5 Å². The van der Waals surface area contributed by atoms with Gasteiger partial charge in [-0.1, -0.05) is 13.3 Å². The van der Waals surface area contributed by atoms with E-state index in [-0.39, 0.29) is 25.4 Å². The van der Waals surface area contributed by atoms with Crippen LogP contribution in [0.2, 0.25) is 0 Å². The van der Waals surface area contributed by atoms with Gasteiger partial charge in [0, 0.05) is 20.0 Å². The molecule has 0 rings (SSSR count). The summed E-state index contributed by atoms with van der Waals surface area (Å²) in [5.74, 6) is -1.60. The Balaban J connectivity index is 4.03. The molecular formula is C10H19N3O4. The zero-order valence-corrected chi connectivity index (χ0v) is 10.1. The first-order valence-corrected chi connectivity index (χ1v) is 5.35. The lowest BCUT2D eigenvalue weighted by Crippen LogP contribution is -2.43. The minimum absolute atomic E-state index is 0.0102. The molecule has 0 saturated carbocycles. The second kappa shape index (κ2) is 7.48. The molecule has 0 saturated heterocycles. The number of carboxylic acid groups (broad SMARTS) is 1. The Bertz CT molecular complexity index is 293. The van der Waals surface area contributed by atoms with E-state index in [4.69, 9.17) is 10.8 Å². The van der Waals surface area contributed by atoms with Crippen molar-refractivity contribution in [1.29, 1.82) is 0 Å². The number of primary amides is 1. The summed E-state index contributed by atoms with van der Waals surface area (Å²) < 4.78 is 0. The Kier molecular flexibility index (Phi) is 6.69. The number of carbonyl (C=O) groups excluding carboxylic acids is 2. The molecule has 4 N–H and O–H groups in total. The van der Waals surface area contributed by atoms with Crippen LogP contribution in [0.5, 0.6) is 0 Å². The van der Waals surface area contributed by atoms with E-state index in [1.165, 1.54) is 7.05 Å². The van der Waals surface area contributed by atoms with Crippen LogP contribution in [-0.4, -0.2) is 48.1 Å². The van der Waals surface area contributed by atoms with Crippen molar-refractivity contribution in [2.45, 2.75) is 19.8 Å². The topological polar surface area (TPSA) is 113 Å². The van der Waals surface area contributed by atoms with Crippen LogP contribution in [0.25, 0.3) is 0 Å². The van der Waals surface area contributed by atoms with Crippen molar-refractivity contribution >= 4 is 17.9 Å². The highest BCUT2D eigenvalue weighted by molar-refractivity contribution is 5.82. The molecule has 7 heteroatoms. The number of carboxylic acids is 1. The molecule has 98 valence electrons. The van der Waals surface area contributed by atoms with E-state index in [1.807, 2.05) is 6.92 Å². The molecule has 3 amide bonds. The molecule has 0 aliphatic rings. The van der Waals surface area contributed by atoms with Crippen molar-refractivity contribution in [2.75, 3.05) is 20.1 Å². The SMILES string of the molecule is CCC(CNC(=O)N(C)CC(N)=O)CC(=O)O. The van der Waals surface area contributed by atoms with Crippen LogP contribution in [0, 0.1) is 5.92 Å². The van der Waals surface area contributed by atoms with Crippen molar-refractivity contribution in [3.63, 3.8) is 0 Å². The van der Waals surface area contributed by atoms with Gasteiger partial charge < -0.3 is 21.1 Å². The molecule has 17 heavy (non-hydrogen) atoms. The molecule has 0 aromatic carbocycles. The number of nitrogens with zero attached hydrogens (tertiary/aromatic N) is 1. The second-order valence-corrected chi connectivity index (χ2v) is 3.88. The van der Waals surface area contributed by atoms with Gasteiger partial charge in [0.25, 0.3) is 0 Å². The number of carbonyl (C=O) groups is 3. The number of hydrogen-bond acceptors (Lipinski definition) is 3.